The van der Waals surface area contributed by atoms with E-state index in [1.165, 1.54) is 47.2 Å². The van der Waals surface area contributed by atoms with Crippen molar-refractivity contribution in [2.75, 3.05) is 19.9 Å². The molecule has 8 nitrogen and oxygen atoms in total. The molecule has 3 heterocycles. The number of aromatic nitrogens is 1. The SMILES string of the molecule is COC(=O)C1=C2C[C@H](N(C(C)C)S(C)(=O)=O)CN2C(c2nccs2)=N[C@H]1c1ccc(F)cc1Cl. The van der Waals surface area contributed by atoms with Gasteiger partial charge in [0.2, 0.25) is 10.0 Å². The van der Waals surface area contributed by atoms with Gasteiger partial charge in [-0.3, -0.25) is 4.99 Å². The minimum Gasteiger partial charge on any atom is -0.466 e. The lowest BCUT2D eigenvalue weighted by molar-refractivity contribution is -0.136. The molecule has 2 aromatic rings. The fourth-order valence-electron chi connectivity index (χ4n) is 4.64. The van der Waals surface area contributed by atoms with Gasteiger partial charge in [-0.1, -0.05) is 17.7 Å². The Hall–Kier alpha value is -2.34. The fourth-order valence-corrected chi connectivity index (χ4v) is 7.00. The second-order valence-corrected chi connectivity index (χ2v) is 11.6. The highest BCUT2D eigenvalue weighted by molar-refractivity contribution is 7.88. The van der Waals surface area contributed by atoms with Crippen LogP contribution in [0, 0.1) is 5.82 Å². The molecule has 0 unspecified atom stereocenters. The second-order valence-electron chi connectivity index (χ2n) is 8.37. The molecule has 1 fully saturated rings. The Morgan fingerprint density at radius 2 is 2.12 bits per heavy atom. The van der Waals surface area contributed by atoms with Gasteiger partial charge in [-0.15, -0.1) is 11.3 Å². The Balaban J connectivity index is 1.92. The molecule has 2 aliphatic heterocycles. The van der Waals surface area contributed by atoms with Gasteiger partial charge >= 0.3 is 5.97 Å². The summed E-state index contributed by atoms with van der Waals surface area (Å²) in [5.41, 5.74) is 1.28. The molecule has 12 heteroatoms. The number of hydrogen-bond acceptors (Lipinski definition) is 8. The van der Waals surface area contributed by atoms with E-state index in [9.17, 15) is 17.6 Å². The van der Waals surface area contributed by atoms with Gasteiger partial charge in [0.05, 0.1) is 18.9 Å². The standard InChI is InChI=1S/C22H24ClFN4O4S2/c1-12(2)28(34(4,30)31)14-10-17-18(22(29)32-3)19(15-6-5-13(24)9-16(15)23)26-20(27(17)11-14)21-25-7-8-33-21/h5-9,12,14,19H,10-11H2,1-4H3/t14-,19-/m0/s1. The third-order valence-electron chi connectivity index (χ3n) is 5.78. The molecule has 0 spiro atoms. The van der Waals surface area contributed by atoms with Crippen LogP contribution in [0.4, 0.5) is 4.39 Å². The first-order chi connectivity index (χ1) is 16.0. The Morgan fingerprint density at radius 1 is 1.38 bits per heavy atom. The van der Waals surface area contributed by atoms with Crippen molar-refractivity contribution in [3.63, 3.8) is 0 Å². The third-order valence-corrected chi connectivity index (χ3v) is 8.36. The van der Waals surface area contributed by atoms with Crippen molar-refractivity contribution in [2.24, 2.45) is 4.99 Å². The summed E-state index contributed by atoms with van der Waals surface area (Å²) < 4.78 is 45.6. The molecule has 0 N–H and O–H groups in total. The highest BCUT2D eigenvalue weighted by Gasteiger charge is 2.45. The number of amidine groups is 1. The number of sulfonamides is 1. The Kier molecular flexibility index (Phi) is 6.83. The van der Waals surface area contributed by atoms with Gasteiger partial charge in [0, 0.05) is 52.9 Å². The summed E-state index contributed by atoms with van der Waals surface area (Å²) in [6.07, 6.45) is 3.10. The average molecular weight is 527 g/mol. The summed E-state index contributed by atoms with van der Waals surface area (Å²) in [5.74, 6) is -0.615. The summed E-state index contributed by atoms with van der Waals surface area (Å²) in [6.45, 7) is 3.92. The fraction of sp³-hybridized carbons (Fsp3) is 0.409. The highest BCUT2D eigenvalue weighted by Crippen LogP contribution is 2.43. The number of rotatable bonds is 6. The first-order valence-corrected chi connectivity index (χ1v) is 13.6. The molecule has 34 heavy (non-hydrogen) atoms. The van der Waals surface area contributed by atoms with Crippen LogP contribution >= 0.6 is 22.9 Å². The maximum atomic E-state index is 13.8. The van der Waals surface area contributed by atoms with E-state index in [2.05, 4.69) is 4.98 Å². The summed E-state index contributed by atoms with van der Waals surface area (Å²) in [4.78, 5) is 24.1. The number of halogens is 2. The van der Waals surface area contributed by atoms with Crippen LogP contribution in [-0.4, -0.2) is 66.4 Å². The zero-order valence-corrected chi connectivity index (χ0v) is 21.4. The van der Waals surface area contributed by atoms with Gasteiger partial charge in [0.25, 0.3) is 0 Å². The van der Waals surface area contributed by atoms with Crippen LogP contribution in [0.25, 0.3) is 0 Å². The number of esters is 1. The van der Waals surface area contributed by atoms with Crippen molar-refractivity contribution in [1.82, 2.24) is 14.2 Å². The van der Waals surface area contributed by atoms with Crippen molar-refractivity contribution in [1.29, 1.82) is 0 Å². The lowest BCUT2D eigenvalue weighted by Crippen LogP contribution is -2.46. The molecule has 0 bridgehead atoms. The number of methoxy groups -OCH3 is 1. The van der Waals surface area contributed by atoms with Crippen molar-refractivity contribution in [2.45, 2.75) is 38.4 Å². The zero-order chi connectivity index (χ0) is 24.8. The summed E-state index contributed by atoms with van der Waals surface area (Å²) in [6, 6.07) is 2.34. The van der Waals surface area contributed by atoms with Gasteiger partial charge in [-0.05, 0) is 26.0 Å². The van der Waals surface area contributed by atoms with Gasteiger partial charge in [0.1, 0.15) is 11.9 Å². The third kappa shape index (κ3) is 4.49. The van der Waals surface area contributed by atoms with Gasteiger partial charge in [-0.25, -0.2) is 22.6 Å². The number of nitrogens with zero attached hydrogens (tertiary/aromatic N) is 4. The van der Waals surface area contributed by atoms with E-state index in [1.54, 1.807) is 11.6 Å². The van der Waals surface area contributed by atoms with Gasteiger partial charge in [-0.2, -0.15) is 4.31 Å². The molecule has 1 saturated heterocycles. The van der Waals surface area contributed by atoms with Crippen molar-refractivity contribution >= 4 is 44.8 Å². The maximum Gasteiger partial charge on any atom is 0.338 e. The van der Waals surface area contributed by atoms with E-state index in [1.807, 2.05) is 18.7 Å². The van der Waals surface area contributed by atoms with E-state index in [4.69, 9.17) is 21.3 Å². The molecule has 182 valence electrons. The molecule has 1 aromatic heterocycles. The molecule has 1 aromatic carbocycles. The molecule has 2 aliphatic rings. The minimum atomic E-state index is -3.53. The summed E-state index contributed by atoms with van der Waals surface area (Å²) >= 11 is 7.75. The molecule has 2 atom stereocenters. The van der Waals surface area contributed by atoms with Crippen LogP contribution in [0.15, 0.2) is 46.0 Å². The van der Waals surface area contributed by atoms with Crippen LogP contribution < -0.4 is 0 Å². The van der Waals surface area contributed by atoms with Crippen LogP contribution in [-0.2, 0) is 19.6 Å². The van der Waals surface area contributed by atoms with Crippen LogP contribution in [0.1, 0.15) is 36.9 Å². The van der Waals surface area contributed by atoms with E-state index in [-0.39, 0.29) is 23.1 Å². The molecular formula is C22H24ClFN4O4S2. The lowest BCUT2D eigenvalue weighted by Gasteiger charge is -2.32. The molecule has 0 aliphatic carbocycles. The number of fused-ring (bicyclic) bond motifs is 1. The molecule has 0 saturated carbocycles. The predicted molar refractivity (Wildman–Crippen MR) is 129 cm³/mol. The number of aliphatic imine (C=N–C) groups is 1. The van der Waals surface area contributed by atoms with Gasteiger partial charge in [0.15, 0.2) is 10.8 Å². The number of ether oxygens (including phenoxy) is 1. The normalized spacial score (nSPS) is 20.7. The van der Waals surface area contributed by atoms with E-state index >= 15 is 0 Å². The molecule has 0 radical (unpaired) electrons. The number of hydrogen-bond donors (Lipinski definition) is 0. The van der Waals surface area contributed by atoms with Crippen LogP contribution in [0.3, 0.4) is 0 Å². The van der Waals surface area contributed by atoms with Crippen LogP contribution in [0.5, 0.6) is 0 Å². The maximum absolute atomic E-state index is 13.8. The average Bonchev–Trinajstić information content (AvgIpc) is 3.41. The summed E-state index contributed by atoms with van der Waals surface area (Å²) in [7, 11) is -2.26. The lowest BCUT2D eigenvalue weighted by atomic mass is 9.94. The predicted octanol–water partition coefficient (Wildman–Crippen LogP) is 3.61. The molecule has 0 amide bonds. The van der Waals surface area contributed by atoms with Gasteiger partial charge < -0.3 is 9.64 Å². The first kappa shape index (κ1) is 24.8. The monoisotopic (exact) mass is 526 g/mol. The summed E-state index contributed by atoms with van der Waals surface area (Å²) in [5, 5.41) is 2.54. The van der Waals surface area contributed by atoms with Crippen molar-refractivity contribution in [3.05, 3.63) is 62.5 Å². The van der Waals surface area contributed by atoms with E-state index in [0.29, 0.717) is 28.6 Å². The second kappa shape index (κ2) is 9.37. The Bertz CT molecular complexity index is 1280. The first-order valence-electron chi connectivity index (χ1n) is 10.5. The zero-order valence-electron chi connectivity index (χ0n) is 19.0. The number of carbonyl (C=O) groups excluding carboxylic acids is 1. The Morgan fingerprint density at radius 3 is 2.68 bits per heavy atom. The Labute approximate surface area is 206 Å². The van der Waals surface area contributed by atoms with E-state index in [0.717, 1.165) is 0 Å². The quantitative estimate of drug-likeness (QED) is 0.534. The number of thiazole rings is 1. The molecular weight excluding hydrogens is 503 g/mol. The van der Waals surface area contributed by atoms with Crippen molar-refractivity contribution in [3.8, 4) is 0 Å². The van der Waals surface area contributed by atoms with Crippen molar-refractivity contribution < 1.29 is 22.3 Å². The largest absolute Gasteiger partial charge is 0.466 e. The topological polar surface area (TPSA) is 92.2 Å². The molecule has 4 rings (SSSR count). The van der Waals surface area contributed by atoms with E-state index < -0.39 is 33.9 Å². The van der Waals surface area contributed by atoms with Crippen LogP contribution in [0.2, 0.25) is 5.02 Å². The smallest absolute Gasteiger partial charge is 0.338 e. The number of benzene rings is 1. The number of carbonyl (C=O) groups is 1. The highest BCUT2D eigenvalue weighted by atomic mass is 35.5. The minimum absolute atomic E-state index is 0.122.